The molecule has 0 saturated carbocycles. The number of nitrogens with two attached hydrogens (primary N) is 1. The third kappa shape index (κ3) is 4.35. The Kier molecular flexibility index (Phi) is 6.74. The van der Waals surface area contributed by atoms with Crippen LogP contribution >= 0.6 is 22.9 Å². The molecule has 0 spiro atoms. The summed E-state index contributed by atoms with van der Waals surface area (Å²) in [7, 11) is 0. The number of hydrogen-bond acceptors (Lipinski definition) is 6. The lowest BCUT2D eigenvalue weighted by Crippen LogP contribution is -2.26. The zero-order chi connectivity index (χ0) is 22.8. The number of nitrogens with one attached hydrogen (secondary N) is 1. The largest absolute Gasteiger partial charge is 0.356 e. The number of aryl methyl sites for hydroxylation is 2. The zero-order valence-corrected chi connectivity index (χ0v) is 20.1. The third-order valence-electron chi connectivity index (χ3n) is 5.69. The van der Waals surface area contributed by atoms with Gasteiger partial charge in [0.15, 0.2) is 5.82 Å². The number of fused-ring (bicyclic) bond motifs is 3. The minimum Gasteiger partial charge on any atom is -0.356 e. The lowest BCUT2D eigenvalue weighted by atomic mass is 9.99. The van der Waals surface area contributed by atoms with Gasteiger partial charge in [0, 0.05) is 27.6 Å². The van der Waals surface area contributed by atoms with Crippen LogP contribution in [-0.4, -0.2) is 39.5 Å². The summed E-state index contributed by atoms with van der Waals surface area (Å²) in [5.74, 6) is 1.41. The zero-order valence-electron chi connectivity index (χ0n) is 18.5. The standard InChI is InChI=1S/C23H27ClN6OS/c1-13-14(2)32-23-20(13)21(16-6-8-17(24)9-7-16)27-18(22-29-28-15(3)30(22)23)12-19(31)26-11-5-4-10-25/h6-9,18H,4-5,10-12,25H2,1-3H3,(H,26,31). The third-order valence-corrected chi connectivity index (χ3v) is 7.13. The average molecular weight is 471 g/mol. The lowest BCUT2D eigenvalue weighted by molar-refractivity contribution is -0.121. The molecule has 0 bridgehead atoms. The molecule has 1 amide bonds. The van der Waals surface area contributed by atoms with Crippen LogP contribution in [0.2, 0.25) is 5.02 Å². The van der Waals surface area contributed by atoms with E-state index in [1.807, 2.05) is 31.2 Å². The highest BCUT2D eigenvalue weighted by Gasteiger charge is 2.32. The quantitative estimate of drug-likeness (QED) is 0.509. The second kappa shape index (κ2) is 9.52. The number of hydrogen-bond donors (Lipinski definition) is 2. The summed E-state index contributed by atoms with van der Waals surface area (Å²) in [5, 5.41) is 13.4. The minimum absolute atomic E-state index is 0.0587. The van der Waals surface area contributed by atoms with Crippen molar-refractivity contribution in [1.29, 1.82) is 0 Å². The number of halogens is 1. The van der Waals surface area contributed by atoms with Gasteiger partial charge in [-0.05, 0) is 57.9 Å². The van der Waals surface area contributed by atoms with Crippen molar-refractivity contribution in [2.24, 2.45) is 10.7 Å². The molecule has 0 saturated heterocycles. The van der Waals surface area contributed by atoms with Crippen molar-refractivity contribution in [3.63, 3.8) is 0 Å². The second-order valence-electron chi connectivity index (χ2n) is 7.95. The van der Waals surface area contributed by atoms with E-state index in [1.54, 1.807) is 11.3 Å². The number of amides is 1. The van der Waals surface area contributed by atoms with Gasteiger partial charge in [-0.1, -0.05) is 23.7 Å². The Bertz CT molecular complexity index is 1160. The maximum atomic E-state index is 12.7. The molecule has 3 aromatic rings. The highest BCUT2D eigenvalue weighted by molar-refractivity contribution is 7.15. The molecule has 1 atom stereocenters. The molecule has 4 rings (SSSR count). The van der Waals surface area contributed by atoms with Crippen LogP contribution in [0.25, 0.3) is 5.00 Å². The van der Waals surface area contributed by atoms with Gasteiger partial charge >= 0.3 is 0 Å². The van der Waals surface area contributed by atoms with Gasteiger partial charge in [-0.3, -0.25) is 14.4 Å². The van der Waals surface area contributed by atoms with Crippen molar-refractivity contribution >= 4 is 34.6 Å². The maximum absolute atomic E-state index is 12.7. The predicted octanol–water partition coefficient (Wildman–Crippen LogP) is 4.04. The first-order chi connectivity index (χ1) is 15.4. The van der Waals surface area contributed by atoms with Crippen LogP contribution in [0.5, 0.6) is 0 Å². The van der Waals surface area contributed by atoms with Crippen molar-refractivity contribution < 1.29 is 4.79 Å². The molecule has 1 aliphatic heterocycles. The Morgan fingerprint density at radius 3 is 2.66 bits per heavy atom. The van der Waals surface area contributed by atoms with E-state index in [9.17, 15) is 4.79 Å². The number of carbonyl (C=O) groups excluding carboxylic acids is 1. The molecule has 3 heterocycles. The summed E-state index contributed by atoms with van der Waals surface area (Å²) in [6, 6.07) is 7.23. The first-order valence-corrected chi connectivity index (χ1v) is 11.9. The van der Waals surface area contributed by atoms with E-state index in [4.69, 9.17) is 22.3 Å². The molecule has 1 unspecified atom stereocenters. The number of thiophene rings is 1. The SMILES string of the molecule is Cc1sc2c(c1C)C(c1ccc(Cl)cc1)=NC(CC(=O)NCCCCN)c1nnc(C)n1-2. The van der Waals surface area contributed by atoms with Crippen LogP contribution in [0.4, 0.5) is 0 Å². The summed E-state index contributed by atoms with van der Waals surface area (Å²) in [6.07, 6.45) is 1.94. The van der Waals surface area contributed by atoms with Crippen molar-refractivity contribution in [3.05, 3.63) is 62.5 Å². The summed E-state index contributed by atoms with van der Waals surface area (Å²) in [4.78, 5) is 19.1. The van der Waals surface area contributed by atoms with Crippen LogP contribution < -0.4 is 11.1 Å². The smallest absolute Gasteiger partial charge is 0.222 e. The fourth-order valence-corrected chi connectivity index (χ4v) is 5.22. The molecule has 0 fully saturated rings. The van der Waals surface area contributed by atoms with Crippen molar-refractivity contribution in [3.8, 4) is 5.00 Å². The highest BCUT2D eigenvalue weighted by Crippen LogP contribution is 2.39. The summed E-state index contributed by atoms with van der Waals surface area (Å²) in [5.41, 5.74) is 9.59. The van der Waals surface area contributed by atoms with E-state index in [-0.39, 0.29) is 12.3 Å². The van der Waals surface area contributed by atoms with E-state index in [0.717, 1.165) is 40.5 Å². The van der Waals surface area contributed by atoms with Gasteiger partial charge in [0.1, 0.15) is 16.9 Å². The molecule has 1 aromatic carbocycles. The molecule has 0 aliphatic carbocycles. The molecule has 168 valence electrons. The van der Waals surface area contributed by atoms with Crippen molar-refractivity contribution in [2.45, 2.75) is 46.1 Å². The molecular formula is C23H27ClN6OS. The van der Waals surface area contributed by atoms with E-state index in [0.29, 0.717) is 23.9 Å². The van der Waals surface area contributed by atoms with Crippen LogP contribution in [0.3, 0.4) is 0 Å². The van der Waals surface area contributed by atoms with Crippen LogP contribution in [0.1, 0.15) is 58.5 Å². The number of benzene rings is 1. The molecule has 0 radical (unpaired) electrons. The normalized spacial score (nSPS) is 15.0. The van der Waals surface area contributed by atoms with Gasteiger partial charge < -0.3 is 11.1 Å². The molecular weight excluding hydrogens is 444 g/mol. The molecule has 7 nitrogen and oxygen atoms in total. The van der Waals surface area contributed by atoms with Gasteiger partial charge in [-0.25, -0.2) is 0 Å². The van der Waals surface area contributed by atoms with E-state index in [2.05, 4.69) is 33.9 Å². The first-order valence-electron chi connectivity index (χ1n) is 10.7. The van der Waals surface area contributed by atoms with Gasteiger partial charge in [0.05, 0.1) is 12.1 Å². The summed E-state index contributed by atoms with van der Waals surface area (Å²) < 4.78 is 2.05. The highest BCUT2D eigenvalue weighted by atomic mass is 35.5. The number of rotatable bonds is 7. The Balaban J connectivity index is 1.79. The fourth-order valence-electron chi connectivity index (χ4n) is 3.88. The number of aliphatic imine (C=N–C) groups is 1. The Labute approximate surface area is 196 Å². The Hall–Kier alpha value is -2.55. The topological polar surface area (TPSA) is 98.2 Å². The number of aromatic nitrogens is 3. The molecule has 2 aromatic heterocycles. The van der Waals surface area contributed by atoms with Gasteiger partial charge in [0.2, 0.25) is 5.91 Å². The number of nitrogens with zero attached hydrogens (tertiary/aromatic N) is 4. The second-order valence-corrected chi connectivity index (χ2v) is 9.59. The molecule has 9 heteroatoms. The van der Waals surface area contributed by atoms with Crippen LogP contribution in [0.15, 0.2) is 29.3 Å². The van der Waals surface area contributed by atoms with Crippen LogP contribution in [-0.2, 0) is 4.79 Å². The van der Waals surface area contributed by atoms with E-state index >= 15 is 0 Å². The Morgan fingerprint density at radius 2 is 1.94 bits per heavy atom. The summed E-state index contributed by atoms with van der Waals surface area (Å²) in [6.45, 7) is 7.38. The lowest BCUT2D eigenvalue weighted by Gasteiger charge is -2.13. The average Bonchev–Trinajstić information content (AvgIpc) is 3.24. The monoisotopic (exact) mass is 470 g/mol. The first kappa shape index (κ1) is 22.6. The van der Waals surface area contributed by atoms with Crippen LogP contribution in [0, 0.1) is 20.8 Å². The predicted molar refractivity (Wildman–Crippen MR) is 129 cm³/mol. The van der Waals surface area contributed by atoms with Gasteiger partial charge in [0.25, 0.3) is 0 Å². The van der Waals surface area contributed by atoms with Crippen molar-refractivity contribution in [2.75, 3.05) is 13.1 Å². The summed E-state index contributed by atoms with van der Waals surface area (Å²) >= 11 is 7.84. The van der Waals surface area contributed by atoms with E-state index in [1.165, 1.54) is 10.4 Å². The van der Waals surface area contributed by atoms with Gasteiger partial charge in [-0.15, -0.1) is 21.5 Å². The number of unbranched alkanes of at least 4 members (excludes halogenated alkanes) is 1. The van der Waals surface area contributed by atoms with E-state index < -0.39 is 6.04 Å². The van der Waals surface area contributed by atoms with Gasteiger partial charge in [-0.2, -0.15) is 0 Å². The molecule has 3 N–H and O–H groups in total. The Morgan fingerprint density at radius 1 is 1.19 bits per heavy atom. The maximum Gasteiger partial charge on any atom is 0.222 e. The molecule has 32 heavy (non-hydrogen) atoms. The fraction of sp³-hybridized carbons (Fsp3) is 0.391. The van der Waals surface area contributed by atoms with Crippen molar-refractivity contribution in [1.82, 2.24) is 20.1 Å². The molecule has 1 aliphatic rings. The number of carbonyl (C=O) groups is 1. The minimum atomic E-state index is -0.448.